The molecule has 0 radical (unpaired) electrons. The van der Waals surface area contributed by atoms with Crippen LogP contribution in [0, 0.1) is 0 Å². The Kier molecular flexibility index (Phi) is 8.36. The highest BCUT2D eigenvalue weighted by Gasteiger charge is 2.32. The van der Waals surface area contributed by atoms with E-state index < -0.39 is 26.8 Å². The lowest BCUT2D eigenvalue weighted by Gasteiger charge is -2.23. The highest BCUT2D eigenvalue weighted by Crippen LogP contribution is 2.31. The molecule has 7 nitrogen and oxygen atoms in total. The van der Waals surface area contributed by atoms with Crippen molar-refractivity contribution in [1.82, 2.24) is 4.90 Å². The molecule has 0 saturated carbocycles. The van der Waals surface area contributed by atoms with E-state index in [0.29, 0.717) is 30.5 Å². The third kappa shape index (κ3) is 7.46. The Hall–Kier alpha value is -3.57. The first-order valence-electron chi connectivity index (χ1n) is 10.4. The largest absolute Gasteiger partial charge is 0.416 e. The lowest BCUT2D eigenvalue weighted by atomic mass is 10.2. The number of carbonyl (C=O) groups is 1. The van der Waals surface area contributed by atoms with Crippen molar-refractivity contribution in [2.75, 3.05) is 25.6 Å². The van der Waals surface area contributed by atoms with Gasteiger partial charge >= 0.3 is 22.3 Å². The van der Waals surface area contributed by atoms with Crippen LogP contribution in [0.2, 0.25) is 0 Å². The molecule has 0 unspecified atom stereocenters. The Morgan fingerprint density at radius 1 is 0.971 bits per heavy atom. The predicted octanol–water partition coefficient (Wildman–Crippen LogP) is 5.15. The molecule has 0 spiro atoms. The van der Waals surface area contributed by atoms with Crippen molar-refractivity contribution in [2.24, 2.45) is 0 Å². The van der Waals surface area contributed by atoms with Gasteiger partial charge < -0.3 is 19.1 Å². The van der Waals surface area contributed by atoms with Crippen molar-refractivity contribution in [3.05, 3.63) is 90.0 Å². The minimum absolute atomic E-state index is 0.0802. The van der Waals surface area contributed by atoms with Gasteiger partial charge in [-0.1, -0.05) is 36.4 Å². The van der Waals surface area contributed by atoms with Gasteiger partial charge in [-0.2, -0.15) is 21.6 Å². The van der Waals surface area contributed by atoms with Crippen LogP contribution in [-0.2, 0) is 27.6 Å². The Morgan fingerprint density at radius 3 is 2.29 bits per heavy atom. The molecule has 11 heteroatoms. The number of nitrogens with one attached hydrogen (secondary N) is 1. The van der Waals surface area contributed by atoms with Gasteiger partial charge in [-0.15, -0.1) is 0 Å². The summed E-state index contributed by atoms with van der Waals surface area (Å²) in [7, 11) is -2.97. The monoisotopic (exact) mass is 508 g/mol. The van der Waals surface area contributed by atoms with Gasteiger partial charge in [-0.3, -0.25) is 0 Å². The molecule has 0 saturated heterocycles. The molecule has 0 aliphatic rings. The standard InChI is InChI=1S/C24H23F3N2O5S/c1-33-15-14-29(23(30)28-20-7-3-2-4-8-20)17-18-10-12-21(13-11-18)34-35(31,32)22-9-5-6-19(16-22)24(25,26)27/h2-13,16H,14-15,17H2,1H3,(H,28,30). The zero-order valence-corrected chi connectivity index (χ0v) is 19.5. The van der Waals surface area contributed by atoms with Crippen LogP contribution in [-0.4, -0.2) is 39.6 Å². The lowest BCUT2D eigenvalue weighted by Crippen LogP contribution is -2.36. The van der Waals surface area contributed by atoms with Gasteiger partial charge in [0.2, 0.25) is 0 Å². The lowest BCUT2D eigenvalue weighted by molar-refractivity contribution is -0.137. The molecule has 3 rings (SSSR count). The number of rotatable bonds is 9. The number of ether oxygens (including phenoxy) is 1. The van der Waals surface area contributed by atoms with E-state index in [9.17, 15) is 26.4 Å². The fourth-order valence-corrected chi connectivity index (χ4v) is 4.03. The molecule has 3 aromatic rings. The topological polar surface area (TPSA) is 84.9 Å². The summed E-state index contributed by atoms with van der Waals surface area (Å²) in [5, 5.41) is 2.79. The Bertz CT molecular complexity index is 1230. The maximum Gasteiger partial charge on any atom is 0.416 e. The molecule has 186 valence electrons. The molecule has 0 atom stereocenters. The third-order valence-corrected chi connectivity index (χ3v) is 6.07. The molecule has 3 aromatic carbocycles. The predicted molar refractivity (Wildman–Crippen MR) is 123 cm³/mol. The summed E-state index contributed by atoms with van der Waals surface area (Å²) in [6, 6.07) is 17.7. The average Bonchev–Trinajstić information content (AvgIpc) is 2.83. The van der Waals surface area contributed by atoms with Crippen molar-refractivity contribution in [3.63, 3.8) is 0 Å². The number of amides is 2. The smallest absolute Gasteiger partial charge is 0.383 e. The number of nitrogens with zero attached hydrogens (tertiary/aromatic N) is 1. The summed E-state index contributed by atoms with van der Waals surface area (Å²) in [5.74, 6) is -0.0802. The molecule has 0 aromatic heterocycles. The van der Waals surface area contributed by atoms with Gasteiger partial charge in [0.15, 0.2) is 0 Å². The van der Waals surface area contributed by atoms with Crippen LogP contribution in [0.15, 0.2) is 83.8 Å². The number of alkyl halides is 3. The van der Waals surface area contributed by atoms with Crippen LogP contribution >= 0.6 is 0 Å². The molecule has 0 bridgehead atoms. The molecule has 2 amide bonds. The number of anilines is 1. The van der Waals surface area contributed by atoms with Gasteiger partial charge in [-0.05, 0) is 48.0 Å². The second-order valence-corrected chi connectivity index (χ2v) is 8.96. The van der Waals surface area contributed by atoms with E-state index in [1.54, 1.807) is 36.4 Å². The maximum absolute atomic E-state index is 12.9. The van der Waals surface area contributed by atoms with Crippen LogP contribution in [0.1, 0.15) is 11.1 Å². The van der Waals surface area contributed by atoms with Crippen molar-refractivity contribution in [1.29, 1.82) is 0 Å². The van der Waals surface area contributed by atoms with E-state index in [0.717, 1.165) is 18.2 Å². The first-order chi connectivity index (χ1) is 16.6. The van der Waals surface area contributed by atoms with Gasteiger partial charge in [-0.25, -0.2) is 4.79 Å². The first kappa shape index (κ1) is 26.0. The van der Waals surface area contributed by atoms with Crippen molar-refractivity contribution < 1.29 is 35.3 Å². The number of methoxy groups -OCH3 is 1. The van der Waals surface area contributed by atoms with Crippen molar-refractivity contribution in [2.45, 2.75) is 17.6 Å². The minimum atomic E-state index is -4.69. The van der Waals surface area contributed by atoms with Gasteiger partial charge in [0.05, 0.1) is 12.2 Å². The summed E-state index contributed by atoms with van der Waals surface area (Å²) < 4.78 is 73.7. The third-order valence-electron chi connectivity index (χ3n) is 4.83. The van der Waals surface area contributed by atoms with Gasteiger partial charge in [0.1, 0.15) is 10.6 Å². The molecule has 0 fully saturated rings. The summed E-state index contributed by atoms with van der Waals surface area (Å²) in [6.07, 6.45) is -4.69. The number of hydrogen-bond donors (Lipinski definition) is 1. The van der Waals surface area contributed by atoms with E-state index in [1.165, 1.54) is 24.1 Å². The summed E-state index contributed by atoms with van der Waals surface area (Å²) in [6.45, 7) is 0.804. The number of hydrogen-bond acceptors (Lipinski definition) is 5. The molecule has 35 heavy (non-hydrogen) atoms. The zero-order valence-electron chi connectivity index (χ0n) is 18.7. The van der Waals surface area contributed by atoms with Crippen LogP contribution in [0.4, 0.5) is 23.7 Å². The van der Waals surface area contributed by atoms with E-state index >= 15 is 0 Å². The van der Waals surface area contributed by atoms with Crippen LogP contribution in [0.5, 0.6) is 5.75 Å². The number of carbonyl (C=O) groups excluding carboxylic acids is 1. The average molecular weight is 509 g/mol. The summed E-state index contributed by atoms with van der Waals surface area (Å²) in [5.41, 5.74) is 0.207. The van der Waals surface area contributed by atoms with Gasteiger partial charge in [0, 0.05) is 25.9 Å². The van der Waals surface area contributed by atoms with Gasteiger partial charge in [0.25, 0.3) is 0 Å². The zero-order chi connectivity index (χ0) is 25.5. The minimum Gasteiger partial charge on any atom is -0.383 e. The number of benzene rings is 3. The molecular weight excluding hydrogens is 485 g/mol. The van der Waals surface area contributed by atoms with E-state index in [4.69, 9.17) is 8.92 Å². The quantitative estimate of drug-likeness (QED) is 0.404. The van der Waals surface area contributed by atoms with E-state index in [1.807, 2.05) is 6.07 Å². The highest BCUT2D eigenvalue weighted by molar-refractivity contribution is 7.87. The Labute approximate surface area is 201 Å². The number of para-hydroxylation sites is 1. The highest BCUT2D eigenvalue weighted by atomic mass is 32.2. The first-order valence-corrected chi connectivity index (χ1v) is 11.8. The summed E-state index contributed by atoms with van der Waals surface area (Å²) >= 11 is 0. The van der Waals surface area contributed by atoms with Crippen molar-refractivity contribution >= 4 is 21.8 Å². The maximum atomic E-state index is 12.9. The van der Waals surface area contributed by atoms with Crippen molar-refractivity contribution in [3.8, 4) is 5.75 Å². The molecule has 0 heterocycles. The molecular formula is C24H23F3N2O5S. The number of urea groups is 1. The Balaban J connectivity index is 1.70. The molecule has 1 N–H and O–H groups in total. The SMILES string of the molecule is COCCN(Cc1ccc(OS(=O)(=O)c2cccc(C(F)(F)F)c2)cc1)C(=O)Nc1ccccc1. The fraction of sp³-hybridized carbons (Fsp3) is 0.208. The van der Waals surface area contributed by atoms with E-state index in [-0.39, 0.29) is 18.3 Å². The molecule has 0 aliphatic heterocycles. The Morgan fingerprint density at radius 2 is 1.66 bits per heavy atom. The fourth-order valence-electron chi connectivity index (χ4n) is 3.05. The van der Waals surface area contributed by atoms with Crippen LogP contribution < -0.4 is 9.50 Å². The number of halogens is 3. The second kappa shape index (κ2) is 11.2. The van der Waals surface area contributed by atoms with Crippen LogP contribution in [0.25, 0.3) is 0 Å². The summed E-state index contributed by atoms with van der Waals surface area (Å²) in [4.78, 5) is 13.6. The molecule has 0 aliphatic carbocycles. The normalized spacial score (nSPS) is 11.7. The van der Waals surface area contributed by atoms with Crippen LogP contribution in [0.3, 0.4) is 0 Å². The second-order valence-electron chi connectivity index (χ2n) is 7.42. The van der Waals surface area contributed by atoms with E-state index in [2.05, 4.69) is 5.32 Å².